The molecule has 0 saturated heterocycles. The third-order valence-electron chi connectivity index (χ3n) is 3.10. The lowest BCUT2D eigenvalue weighted by atomic mass is 10.2. The molecule has 1 fully saturated rings. The molecule has 0 amide bonds. The van der Waals surface area contributed by atoms with Gasteiger partial charge in [-0.05, 0) is 43.9 Å². The predicted octanol–water partition coefficient (Wildman–Crippen LogP) is 4.21. The second-order valence-corrected chi connectivity index (χ2v) is 6.11. The van der Waals surface area contributed by atoms with Gasteiger partial charge < -0.3 is 5.32 Å². The molecule has 1 N–H and O–H groups in total. The average Bonchev–Trinajstić information content (AvgIpc) is 3.15. The summed E-state index contributed by atoms with van der Waals surface area (Å²) in [7, 11) is 0. The van der Waals surface area contributed by atoms with Crippen molar-refractivity contribution in [1.82, 2.24) is 5.32 Å². The summed E-state index contributed by atoms with van der Waals surface area (Å²) in [5.41, 5.74) is 0. The van der Waals surface area contributed by atoms with Crippen LogP contribution >= 0.6 is 23.4 Å². The van der Waals surface area contributed by atoms with Crippen molar-refractivity contribution in [3.8, 4) is 0 Å². The molecule has 0 heterocycles. The lowest BCUT2D eigenvalue weighted by molar-refractivity contribution is 0.503. The number of hydrogen-bond donors (Lipinski definition) is 1. The van der Waals surface area contributed by atoms with Crippen LogP contribution in [0, 0.1) is 5.92 Å². The molecule has 3 heteroatoms. The van der Waals surface area contributed by atoms with E-state index in [0.29, 0.717) is 6.04 Å². The highest BCUT2D eigenvalue weighted by atomic mass is 35.5. The van der Waals surface area contributed by atoms with E-state index in [9.17, 15) is 0 Å². The number of nitrogens with one attached hydrogen (secondary N) is 1. The summed E-state index contributed by atoms with van der Waals surface area (Å²) < 4.78 is 0. The van der Waals surface area contributed by atoms with Gasteiger partial charge in [0.05, 0.1) is 5.02 Å². The highest BCUT2D eigenvalue weighted by Gasteiger charge is 2.30. The van der Waals surface area contributed by atoms with Crippen molar-refractivity contribution < 1.29 is 0 Å². The summed E-state index contributed by atoms with van der Waals surface area (Å²) in [6.07, 6.45) is 3.99. The molecular weight excluding hydrogens is 250 g/mol. The quantitative estimate of drug-likeness (QED) is 0.744. The molecule has 2 rings (SSSR count). The van der Waals surface area contributed by atoms with Crippen LogP contribution < -0.4 is 5.32 Å². The minimum atomic E-state index is 0.663. The SMILES string of the molecule is CCCNC(CSc1ccccc1Cl)C1CC1. The molecule has 0 bridgehead atoms. The van der Waals surface area contributed by atoms with Crippen LogP contribution in [0.25, 0.3) is 0 Å². The molecule has 0 aromatic heterocycles. The fourth-order valence-electron chi connectivity index (χ4n) is 1.93. The summed E-state index contributed by atoms with van der Waals surface area (Å²) in [6.45, 7) is 3.35. The number of rotatable bonds is 7. The zero-order chi connectivity index (χ0) is 12.1. The number of thioether (sulfide) groups is 1. The van der Waals surface area contributed by atoms with Crippen LogP contribution in [0.1, 0.15) is 26.2 Å². The Morgan fingerprint density at radius 2 is 2.18 bits per heavy atom. The Balaban J connectivity index is 1.84. The van der Waals surface area contributed by atoms with Gasteiger partial charge >= 0.3 is 0 Å². The van der Waals surface area contributed by atoms with Gasteiger partial charge in [0.15, 0.2) is 0 Å². The van der Waals surface area contributed by atoms with Gasteiger partial charge in [-0.3, -0.25) is 0 Å². The van der Waals surface area contributed by atoms with Crippen molar-refractivity contribution in [2.45, 2.75) is 37.1 Å². The van der Waals surface area contributed by atoms with E-state index in [0.717, 1.165) is 23.2 Å². The first-order chi connectivity index (χ1) is 8.31. The van der Waals surface area contributed by atoms with Crippen LogP contribution in [0.15, 0.2) is 29.2 Å². The zero-order valence-corrected chi connectivity index (χ0v) is 11.9. The molecular formula is C14H20ClNS. The van der Waals surface area contributed by atoms with E-state index < -0.39 is 0 Å². The lowest BCUT2D eigenvalue weighted by Crippen LogP contribution is -2.33. The van der Waals surface area contributed by atoms with Crippen LogP contribution in [0.2, 0.25) is 5.02 Å². The van der Waals surface area contributed by atoms with Gasteiger partial charge in [-0.2, -0.15) is 0 Å². The molecule has 1 aromatic carbocycles. The Hall–Kier alpha value is -0.180. The van der Waals surface area contributed by atoms with E-state index >= 15 is 0 Å². The Morgan fingerprint density at radius 3 is 2.82 bits per heavy atom. The fourth-order valence-corrected chi connectivity index (χ4v) is 3.36. The van der Waals surface area contributed by atoms with Crippen molar-refractivity contribution in [3.05, 3.63) is 29.3 Å². The number of benzene rings is 1. The van der Waals surface area contributed by atoms with Gasteiger partial charge in [-0.15, -0.1) is 11.8 Å². The van der Waals surface area contributed by atoms with Gasteiger partial charge in [0.25, 0.3) is 0 Å². The molecule has 0 radical (unpaired) electrons. The first-order valence-electron chi connectivity index (χ1n) is 6.42. The second kappa shape index (κ2) is 6.67. The molecule has 94 valence electrons. The topological polar surface area (TPSA) is 12.0 Å². The van der Waals surface area contributed by atoms with Crippen molar-refractivity contribution in [1.29, 1.82) is 0 Å². The van der Waals surface area contributed by atoms with E-state index in [1.54, 1.807) is 0 Å². The average molecular weight is 270 g/mol. The molecule has 1 aliphatic rings. The van der Waals surface area contributed by atoms with E-state index in [2.05, 4.69) is 24.4 Å². The van der Waals surface area contributed by atoms with Crippen LogP contribution in [0.5, 0.6) is 0 Å². The Bertz CT molecular complexity index is 352. The highest BCUT2D eigenvalue weighted by Crippen LogP contribution is 2.36. The highest BCUT2D eigenvalue weighted by molar-refractivity contribution is 7.99. The summed E-state index contributed by atoms with van der Waals surface area (Å²) in [4.78, 5) is 1.21. The summed E-state index contributed by atoms with van der Waals surface area (Å²) >= 11 is 8.05. The maximum Gasteiger partial charge on any atom is 0.0541 e. The molecule has 0 spiro atoms. The molecule has 1 aromatic rings. The molecule has 1 atom stereocenters. The first kappa shape index (κ1) is 13.3. The predicted molar refractivity (Wildman–Crippen MR) is 77.0 cm³/mol. The maximum atomic E-state index is 6.17. The van der Waals surface area contributed by atoms with E-state index in [-0.39, 0.29) is 0 Å². The van der Waals surface area contributed by atoms with Crippen molar-refractivity contribution in [2.75, 3.05) is 12.3 Å². The Labute approximate surface area is 113 Å². The van der Waals surface area contributed by atoms with Crippen LogP contribution in [-0.2, 0) is 0 Å². The molecule has 0 aliphatic heterocycles. The van der Waals surface area contributed by atoms with Crippen LogP contribution in [0.4, 0.5) is 0 Å². The van der Waals surface area contributed by atoms with E-state index in [1.165, 1.54) is 24.2 Å². The van der Waals surface area contributed by atoms with Gasteiger partial charge in [-0.25, -0.2) is 0 Å². The van der Waals surface area contributed by atoms with Gasteiger partial charge in [-0.1, -0.05) is 30.7 Å². The number of hydrogen-bond acceptors (Lipinski definition) is 2. The Morgan fingerprint density at radius 1 is 1.41 bits per heavy atom. The summed E-state index contributed by atoms with van der Waals surface area (Å²) in [6, 6.07) is 8.78. The van der Waals surface area contributed by atoms with Crippen molar-refractivity contribution in [2.24, 2.45) is 5.92 Å². The fraction of sp³-hybridized carbons (Fsp3) is 0.571. The van der Waals surface area contributed by atoms with E-state index in [1.807, 2.05) is 23.9 Å². The maximum absolute atomic E-state index is 6.17. The minimum Gasteiger partial charge on any atom is -0.313 e. The van der Waals surface area contributed by atoms with Crippen LogP contribution in [-0.4, -0.2) is 18.3 Å². The summed E-state index contributed by atoms with van der Waals surface area (Å²) in [5, 5.41) is 4.53. The molecule has 17 heavy (non-hydrogen) atoms. The molecule has 1 unspecified atom stereocenters. The molecule has 1 aliphatic carbocycles. The minimum absolute atomic E-state index is 0.663. The normalized spacial score (nSPS) is 17.1. The molecule has 1 saturated carbocycles. The van der Waals surface area contributed by atoms with Gasteiger partial charge in [0.1, 0.15) is 0 Å². The van der Waals surface area contributed by atoms with E-state index in [4.69, 9.17) is 11.6 Å². The Kier molecular flexibility index (Phi) is 5.20. The standard InChI is InChI=1S/C14H20ClNS/c1-2-9-16-13(11-7-8-11)10-17-14-6-4-3-5-12(14)15/h3-6,11,13,16H,2,7-10H2,1H3. The summed E-state index contributed by atoms with van der Waals surface area (Å²) in [5.74, 6) is 2.03. The lowest BCUT2D eigenvalue weighted by Gasteiger charge is -2.17. The van der Waals surface area contributed by atoms with Gasteiger partial charge in [0.2, 0.25) is 0 Å². The number of halogens is 1. The zero-order valence-electron chi connectivity index (χ0n) is 10.3. The van der Waals surface area contributed by atoms with Gasteiger partial charge in [0, 0.05) is 16.7 Å². The monoisotopic (exact) mass is 269 g/mol. The third-order valence-corrected chi connectivity index (χ3v) is 4.74. The molecule has 1 nitrogen and oxygen atoms in total. The van der Waals surface area contributed by atoms with Crippen LogP contribution in [0.3, 0.4) is 0 Å². The smallest absolute Gasteiger partial charge is 0.0541 e. The van der Waals surface area contributed by atoms with Crippen molar-refractivity contribution >= 4 is 23.4 Å². The van der Waals surface area contributed by atoms with Crippen molar-refractivity contribution in [3.63, 3.8) is 0 Å². The first-order valence-corrected chi connectivity index (χ1v) is 7.78. The largest absolute Gasteiger partial charge is 0.313 e. The second-order valence-electron chi connectivity index (χ2n) is 4.64. The third kappa shape index (κ3) is 4.20.